The number of azo groups is 1. The third kappa shape index (κ3) is 3.72. The fourth-order valence-corrected chi connectivity index (χ4v) is 4.19. The summed E-state index contributed by atoms with van der Waals surface area (Å²) in [5, 5.41) is 16.2. The zero-order valence-electron chi connectivity index (χ0n) is 17.4. The molecule has 0 unspecified atom stereocenters. The number of nitrogens with zero attached hydrogens (tertiary/aromatic N) is 4. The molecule has 0 spiro atoms. The Morgan fingerprint density at radius 1 is 1.00 bits per heavy atom. The summed E-state index contributed by atoms with van der Waals surface area (Å²) in [5.41, 5.74) is 3.01. The number of H-pyrrole nitrogens is 1. The molecule has 0 aliphatic rings. The summed E-state index contributed by atoms with van der Waals surface area (Å²) in [6.07, 6.45) is 0. The van der Waals surface area contributed by atoms with E-state index < -0.39 is 0 Å². The van der Waals surface area contributed by atoms with Gasteiger partial charge in [-0.2, -0.15) is 9.80 Å². The number of aryl methyl sites for hydroxylation is 1. The van der Waals surface area contributed by atoms with Gasteiger partial charge >= 0.3 is 5.56 Å². The highest BCUT2D eigenvalue weighted by Crippen LogP contribution is 2.27. The summed E-state index contributed by atoms with van der Waals surface area (Å²) in [6, 6.07) is 21.5. The molecule has 1 N–H and O–H groups in total. The van der Waals surface area contributed by atoms with Gasteiger partial charge < -0.3 is 4.74 Å². The lowest BCUT2D eigenvalue weighted by molar-refractivity contribution is 0.415. The van der Waals surface area contributed by atoms with Crippen LogP contribution in [0.25, 0.3) is 27.2 Å². The van der Waals surface area contributed by atoms with Crippen molar-refractivity contribution in [3.05, 3.63) is 88.2 Å². The molecule has 0 aliphatic heterocycles. The lowest BCUT2D eigenvalue weighted by atomic mass is 10.1. The predicted molar refractivity (Wildman–Crippen MR) is 127 cm³/mol. The van der Waals surface area contributed by atoms with Crippen LogP contribution in [0.5, 0.6) is 5.75 Å². The number of ether oxygens (including phenoxy) is 1. The van der Waals surface area contributed by atoms with E-state index >= 15 is 0 Å². The summed E-state index contributed by atoms with van der Waals surface area (Å²) in [4.78, 5) is 17.6. The fraction of sp³-hybridized carbons (Fsp3) is 0.0833. The first kappa shape index (κ1) is 19.9. The van der Waals surface area contributed by atoms with Crippen LogP contribution in [0.15, 0.2) is 87.1 Å². The van der Waals surface area contributed by atoms with Crippen LogP contribution in [0.1, 0.15) is 5.69 Å². The minimum atomic E-state index is -0.289. The molecule has 8 heteroatoms. The number of benzene rings is 3. The maximum absolute atomic E-state index is 13.0. The maximum Gasteiger partial charge on any atom is 0.301 e. The molecule has 5 aromatic rings. The number of methoxy groups -OCH3 is 1. The second kappa shape index (κ2) is 8.24. The molecule has 0 saturated heterocycles. The van der Waals surface area contributed by atoms with Crippen molar-refractivity contribution in [1.29, 1.82) is 0 Å². The lowest BCUT2D eigenvalue weighted by Gasteiger charge is -2.00. The Morgan fingerprint density at radius 2 is 1.78 bits per heavy atom. The van der Waals surface area contributed by atoms with Crippen molar-refractivity contribution >= 4 is 33.5 Å². The molecule has 0 amide bonds. The molecule has 0 bridgehead atoms. The van der Waals surface area contributed by atoms with Crippen LogP contribution in [-0.4, -0.2) is 21.9 Å². The average Bonchev–Trinajstić information content (AvgIpc) is 3.42. The Labute approximate surface area is 187 Å². The van der Waals surface area contributed by atoms with Crippen molar-refractivity contribution in [3.8, 4) is 22.1 Å². The third-order valence-electron chi connectivity index (χ3n) is 5.11. The predicted octanol–water partition coefficient (Wildman–Crippen LogP) is 6.17. The molecule has 2 aromatic heterocycles. The normalized spacial score (nSPS) is 11.4. The van der Waals surface area contributed by atoms with Crippen molar-refractivity contribution in [2.24, 2.45) is 10.2 Å². The fourth-order valence-electron chi connectivity index (χ4n) is 3.40. The van der Waals surface area contributed by atoms with Crippen LogP contribution in [0.4, 0.5) is 11.4 Å². The van der Waals surface area contributed by atoms with Gasteiger partial charge in [-0.1, -0.05) is 30.3 Å². The Bertz CT molecular complexity index is 1500. The van der Waals surface area contributed by atoms with Gasteiger partial charge in [0.25, 0.3) is 0 Å². The molecular weight excluding hydrogens is 422 g/mol. The van der Waals surface area contributed by atoms with Crippen LogP contribution in [0, 0.1) is 6.92 Å². The zero-order valence-corrected chi connectivity index (χ0v) is 18.3. The zero-order chi connectivity index (χ0) is 22.1. The molecule has 0 fully saturated rings. The minimum Gasteiger partial charge on any atom is -0.497 e. The summed E-state index contributed by atoms with van der Waals surface area (Å²) >= 11 is 1.38. The van der Waals surface area contributed by atoms with Crippen molar-refractivity contribution in [2.75, 3.05) is 7.11 Å². The molecule has 7 nitrogen and oxygen atoms in total. The van der Waals surface area contributed by atoms with Crippen molar-refractivity contribution in [2.45, 2.75) is 6.92 Å². The van der Waals surface area contributed by atoms with Crippen LogP contribution < -0.4 is 10.3 Å². The van der Waals surface area contributed by atoms with E-state index in [0.717, 1.165) is 27.8 Å². The number of aromatic amines is 1. The SMILES string of the molecule is COc1ccc(-c2csc(-n3[nH]c(C)c(N=Nc4ccc5ccccc5c4)c3=O)n2)cc1. The molecule has 158 valence electrons. The van der Waals surface area contributed by atoms with Gasteiger partial charge in [-0.3, -0.25) is 9.89 Å². The highest BCUT2D eigenvalue weighted by molar-refractivity contribution is 7.12. The van der Waals surface area contributed by atoms with Gasteiger partial charge in [0.1, 0.15) is 5.75 Å². The van der Waals surface area contributed by atoms with Gasteiger partial charge in [-0.25, -0.2) is 4.98 Å². The maximum atomic E-state index is 13.0. The van der Waals surface area contributed by atoms with Gasteiger partial charge in [0.05, 0.1) is 24.2 Å². The standard InChI is InChI=1S/C24H19N5O2S/c1-15-22(27-26-19-10-7-16-5-3-4-6-18(16)13-19)23(30)29(28-15)24-25-21(14-32-24)17-8-11-20(31-2)12-9-17/h3-14,28H,1-2H3. The highest BCUT2D eigenvalue weighted by atomic mass is 32.1. The van der Waals surface area contributed by atoms with Crippen LogP contribution in [-0.2, 0) is 0 Å². The lowest BCUT2D eigenvalue weighted by Crippen LogP contribution is -2.13. The van der Waals surface area contributed by atoms with E-state index in [2.05, 4.69) is 20.3 Å². The van der Waals surface area contributed by atoms with Crippen molar-refractivity contribution < 1.29 is 4.74 Å². The minimum absolute atomic E-state index is 0.263. The first-order valence-electron chi connectivity index (χ1n) is 9.95. The molecule has 0 atom stereocenters. The molecular formula is C24H19N5O2S. The Kier molecular flexibility index (Phi) is 5.12. The molecule has 5 rings (SSSR count). The largest absolute Gasteiger partial charge is 0.497 e. The Morgan fingerprint density at radius 3 is 2.56 bits per heavy atom. The van der Waals surface area contributed by atoms with E-state index in [1.165, 1.54) is 16.0 Å². The molecule has 2 heterocycles. The number of hydrogen-bond acceptors (Lipinski definition) is 6. The van der Waals surface area contributed by atoms with Gasteiger partial charge in [0.15, 0.2) is 5.69 Å². The van der Waals surface area contributed by atoms with Gasteiger partial charge in [-0.05, 0) is 54.1 Å². The molecule has 0 radical (unpaired) electrons. The van der Waals surface area contributed by atoms with E-state index in [-0.39, 0.29) is 11.2 Å². The number of thiazole rings is 1. The topological polar surface area (TPSA) is 84.6 Å². The summed E-state index contributed by atoms with van der Waals surface area (Å²) < 4.78 is 6.60. The van der Waals surface area contributed by atoms with Gasteiger partial charge in [0, 0.05) is 10.9 Å². The molecule has 0 saturated carbocycles. The van der Waals surface area contributed by atoms with E-state index in [9.17, 15) is 4.79 Å². The quantitative estimate of drug-likeness (QED) is 0.331. The van der Waals surface area contributed by atoms with E-state index in [1.54, 1.807) is 14.0 Å². The third-order valence-corrected chi connectivity index (χ3v) is 5.93. The molecule has 0 aliphatic carbocycles. The smallest absolute Gasteiger partial charge is 0.301 e. The number of hydrogen-bond donors (Lipinski definition) is 1. The number of rotatable bonds is 5. The second-order valence-corrected chi connectivity index (χ2v) is 8.04. The second-order valence-electron chi connectivity index (χ2n) is 7.20. The van der Waals surface area contributed by atoms with Crippen LogP contribution in [0.2, 0.25) is 0 Å². The van der Waals surface area contributed by atoms with Crippen LogP contribution in [0.3, 0.4) is 0 Å². The van der Waals surface area contributed by atoms with Crippen molar-refractivity contribution in [1.82, 2.24) is 14.8 Å². The Hall–Kier alpha value is -4.04. The number of fused-ring (bicyclic) bond motifs is 1. The highest BCUT2D eigenvalue weighted by Gasteiger charge is 2.15. The Balaban J connectivity index is 1.44. The summed E-state index contributed by atoms with van der Waals surface area (Å²) in [5.74, 6) is 0.779. The monoisotopic (exact) mass is 441 g/mol. The van der Waals surface area contributed by atoms with Crippen molar-refractivity contribution in [3.63, 3.8) is 0 Å². The van der Waals surface area contributed by atoms with Gasteiger partial charge in [-0.15, -0.1) is 16.5 Å². The number of aromatic nitrogens is 3. The number of nitrogens with one attached hydrogen (secondary N) is 1. The summed E-state index contributed by atoms with van der Waals surface area (Å²) in [7, 11) is 1.63. The molecule has 32 heavy (non-hydrogen) atoms. The van der Waals surface area contributed by atoms with Gasteiger partial charge in [0.2, 0.25) is 5.13 Å². The van der Waals surface area contributed by atoms with Crippen LogP contribution >= 0.6 is 11.3 Å². The average molecular weight is 442 g/mol. The summed E-state index contributed by atoms with van der Waals surface area (Å²) in [6.45, 7) is 1.80. The first-order chi connectivity index (χ1) is 15.6. The first-order valence-corrected chi connectivity index (χ1v) is 10.8. The van der Waals surface area contributed by atoms with E-state index in [1.807, 2.05) is 72.1 Å². The van der Waals surface area contributed by atoms with E-state index in [4.69, 9.17) is 4.74 Å². The molecule has 3 aromatic carbocycles. The van der Waals surface area contributed by atoms with E-state index in [0.29, 0.717) is 16.5 Å².